The highest BCUT2D eigenvalue weighted by atomic mass is 32.2. The molecule has 0 radical (unpaired) electrons. The second-order valence-corrected chi connectivity index (χ2v) is 9.76. The summed E-state index contributed by atoms with van der Waals surface area (Å²) in [7, 11) is -3.52. The summed E-state index contributed by atoms with van der Waals surface area (Å²) in [4.78, 5) is 18.0. The van der Waals surface area contributed by atoms with Crippen LogP contribution in [-0.2, 0) is 15.5 Å². The molecule has 4 rings (SSSR count). The van der Waals surface area contributed by atoms with Crippen molar-refractivity contribution >= 4 is 38.5 Å². The van der Waals surface area contributed by atoms with Crippen molar-refractivity contribution in [3.63, 3.8) is 0 Å². The Hall–Kier alpha value is -2.53. The SMILES string of the molecule is Cc1ccc([C@]2(C(F)(F)F)N=C3Sc4cc(S(C)(=O)=O)ccc4N3C(=O)N2)cc1. The van der Waals surface area contributed by atoms with E-state index in [0.717, 1.165) is 28.5 Å². The highest BCUT2D eigenvalue weighted by molar-refractivity contribution is 8.15. The van der Waals surface area contributed by atoms with Crippen LogP contribution in [0.5, 0.6) is 0 Å². The third kappa shape index (κ3) is 3.08. The Balaban J connectivity index is 1.87. The van der Waals surface area contributed by atoms with Crippen molar-refractivity contribution in [2.24, 2.45) is 4.99 Å². The summed E-state index contributed by atoms with van der Waals surface area (Å²) in [6, 6.07) is 8.59. The molecule has 0 spiro atoms. The van der Waals surface area contributed by atoms with E-state index < -0.39 is 27.7 Å². The third-order valence-corrected chi connectivity index (χ3v) is 6.74. The maximum absolute atomic E-state index is 14.1. The van der Waals surface area contributed by atoms with Crippen LogP contribution < -0.4 is 10.2 Å². The number of aryl methyl sites for hydroxylation is 1. The van der Waals surface area contributed by atoms with E-state index in [0.29, 0.717) is 4.90 Å². The monoisotopic (exact) mass is 441 g/mol. The summed E-state index contributed by atoms with van der Waals surface area (Å²) < 4.78 is 66.0. The first kappa shape index (κ1) is 19.8. The Morgan fingerprint density at radius 2 is 1.79 bits per heavy atom. The number of halogens is 3. The van der Waals surface area contributed by atoms with E-state index in [1.54, 1.807) is 6.92 Å². The maximum atomic E-state index is 14.1. The standard InChI is InChI=1S/C18H14F3N3O3S2/c1-10-3-5-11(6-4-10)17(18(19,20)21)22-15(25)24-13-8-7-12(29(2,26)27)9-14(13)28-16(24)23-17/h3-9H,1-2H3,(H,22,25)/t17-/m1/s1. The van der Waals surface area contributed by atoms with Gasteiger partial charge in [0, 0.05) is 16.7 Å². The fourth-order valence-electron chi connectivity index (χ4n) is 3.12. The van der Waals surface area contributed by atoms with Gasteiger partial charge in [0.1, 0.15) is 0 Å². The van der Waals surface area contributed by atoms with E-state index in [1.807, 2.05) is 5.32 Å². The number of sulfone groups is 1. The Morgan fingerprint density at radius 3 is 2.38 bits per heavy atom. The average molecular weight is 441 g/mol. The van der Waals surface area contributed by atoms with E-state index in [-0.39, 0.29) is 21.3 Å². The lowest BCUT2D eigenvalue weighted by Crippen LogP contribution is -2.62. The van der Waals surface area contributed by atoms with Crippen LogP contribution >= 0.6 is 11.8 Å². The summed E-state index contributed by atoms with van der Waals surface area (Å²) in [5, 5.41) is 1.83. The minimum atomic E-state index is -4.90. The van der Waals surface area contributed by atoms with Gasteiger partial charge < -0.3 is 5.32 Å². The van der Waals surface area contributed by atoms with Crippen LogP contribution in [0, 0.1) is 6.92 Å². The molecule has 0 bridgehead atoms. The molecule has 2 heterocycles. The molecular weight excluding hydrogens is 427 g/mol. The molecule has 0 saturated carbocycles. The number of carbonyl (C=O) groups is 1. The molecular formula is C18H14F3N3O3S2. The minimum Gasteiger partial charge on any atom is -0.301 e. The number of rotatable bonds is 2. The van der Waals surface area contributed by atoms with Crippen molar-refractivity contribution in [3.8, 4) is 0 Å². The van der Waals surface area contributed by atoms with Gasteiger partial charge in [-0.3, -0.25) is 0 Å². The van der Waals surface area contributed by atoms with Crippen molar-refractivity contribution in [1.29, 1.82) is 0 Å². The van der Waals surface area contributed by atoms with Crippen molar-refractivity contribution < 1.29 is 26.4 Å². The molecule has 0 fully saturated rings. The fourth-order valence-corrected chi connectivity index (χ4v) is 4.94. The van der Waals surface area contributed by atoms with Gasteiger partial charge >= 0.3 is 12.2 Å². The topological polar surface area (TPSA) is 78.8 Å². The molecule has 1 atom stereocenters. The van der Waals surface area contributed by atoms with Crippen molar-refractivity contribution in [2.45, 2.75) is 28.6 Å². The zero-order valence-corrected chi connectivity index (χ0v) is 16.7. The normalized spacial score (nSPS) is 21.3. The van der Waals surface area contributed by atoms with Crippen LogP contribution in [0.15, 0.2) is 57.2 Å². The Labute approximate surface area is 168 Å². The quantitative estimate of drug-likeness (QED) is 0.769. The van der Waals surface area contributed by atoms with Crippen LogP contribution in [0.2, 0.25) is 0 Å². The van der Waals surface area contributed by atoms with Gasteiger partial charge in [-0.25, -0.2) is 23.1 Å². The number of hydrogen-bond acceptors (Lipinski definition) is 5. The van der Waals surface area contributed by atoms with E-state index in [2.05, 4.69) is 4.99 Å². The summed E-state index contributed by atoms with van der Waals surface area (Å²) in [6.07, 6.45) is -3.87. The van der Waals surface area contributed by atoms with E-state index in [9.17, 15) is 26.4 Å². The highest BCUT2D eigenvalue weighted by Crippen LogP contribution is 2.49. The molecule has 29 heavy (non-hydrogen) atoms. The second kappa shape index (κ2) is 6.23. The number of thioether (sulfide) groups is 1. The number of amidine groups is 1. The smallest absolute Gasteiger partial charge is 0.301 e. The van der Waals surface area contributed by atoms with Gasteiger partial charge in [-0.1, -0.05) is 29.8 Å². The second-order valence-electron chi connectivity index (χ2n) is 6.74. The number of anilines is 1. The molecule has 6 nitrogen and oxygen atoms in total. The minimum absolute atomic E-state index is 0.00484. The number of carbonyl (C=O) groups excluding carboxylic acids is 1. The van der Waals surface area contributed by atoms with Crippen molar-refractivity contribution in [1.82, 2.24) is 5.32 Å². The van der Waals surface area contributed by atoms with E-state index in [1.165, 1.54) is 42.5 Å². The van der Waals surface area contributed by atoms with Gasteiger partial charge in [-0.05, 0) is 36.9 Å². The molecule has 0 aromatic heterocycles. The first-order valence-electron chi connectivity index (χ1n) is 8.30. The van der Waals surface area contributed by atoms with Crippen LogP contribution in [0.25, 0.3) is 0 Å². The predicted octanol–water partition coefficient (Wildman–Crippen LogP) is 3.81. The summed E-state index contributed by atoms with van der Waals surface area (Å²) >= 11 is 0.821. The van der Waals surface area contributed by atoms with E-state index >= 15 is 0 Å². The average Bonchev–Trinajstić information content (AvgIpc) is 2.98. The van der Waals surface area contributed by atoms with Gasteiger partial charge in [-0.2, -0.15) is 13.2 Å². The molecule has 0 aliphatic carbocycles. The molecule has 11 heteroatoms. The molecule has 1 N–H and O–H groups in total. The number of nitrogens with one attached hydrogen (secondary N) is 1. The van der Waals surface area contributed by atoms with Crippen LogP contribution in [0.4, 0.5) is 23.7 Å². The molecule has 2 aliphatic rings. The zero-order valence-electron chi connectivity index (χ0n) is 15.1. The molecule has 2 aliphatic heterocycles. The number of fused-ring (bicyclic) bond motifs is 3. The van der Waals surface area contributed by atoms with Gasteiger partial charge in [0.05, 0.1) is 10.6 Å². The lowest BCUT2D eigenvalue weighted by molar-refractivity contribution is -0.195. The number of nitrogens with zero attached hydrogens (tertiary/aromatic N) is 2. The molecule has 152 valence electrons. The maximum Gasteiger partial charge on any atom is 0.436 e. The predicted molar refractivity (Wildman–Crippen MR) is 103 cm³/mol. The third-order valence-electron chi connectivity index (χ3n) is 4.63. The van der Waals surface area contributed by atoms with Gasteiger partial charge in [0.2, 0.25) is 0 Å². The highest BCUT2D eigenvalue weighted by Gasteiger charge is 2.61. The van der Waals surface area contributed by atoms with E-state index in [4.69, 9.17) is 0 Å². The fraction of sp³-hybridized carbons (Fsp3) is 0.222. The summed E-state index contributed by atoms with van der Waals surface area (Å²) in [5.74, 6) is 0. The molecule has 2 aromatic rings. The number of urea groups is 1. The van der Waals surface area contributed by atoms with Crippen LogP contribution in [-0.4, -0.2) is 32.0 Å². The Bertz CT molecular complexity index is 1160. The number of aliphatic imine (C=N–C) groups is 1. The summed E-state index contributed by atoms with van der Waals surface area (Å²) in [6.45, 7) is 1.74. The largest absolute Gasteiger partial charge is 0.436 e. The molecule has 0 saturated heterocycles. The zero-order chi connectivity index (χ0) is 21.2. The van der Waals surface area contributed by atoms with Gasteiger partial charge in [-0.15, -0.1) is 0 Å². The van der Waals surface area contributed by atoms with Crippen LogP contribution in [0.3, 0.4) is 0 Å². The van der Waals surface area contributed by atoms with Gasteiger partial charge in [0.25, 0.3) is 5.66 Å². The molecule has 2 amide bonds. The van der Waals surface area contributed by atoms with Gasteiger partial charge in [0.15, 0.2) is 15.0 Å². The molecule has 2 aromatic carbocycles. The lowest BCUT2D eigenvalue weighted by Gasteiger charge is -2.38. The number of benzene rings is 2. The van der Waals surface area contributed by atoms with Crippen LogP contribution in [0.1, 0.15) is 11.1 Å². The number of alkyl halides is 3. The van der Waals surface area contributed by atoms with Crippen molar-refractivity contribution in [3.05, 3.63) is 53.6 Å². The van der Waals surface area contributed by atoms with Crippen molar-refractivity contribution in [2.75, 3.05) is 11.2 Å². The lowest BCUT2D eigenvalue weighted by atomic mass is 9.97. The Morgan fingerprint density at radius 1 is 1.14 bits per heavy atom. The first-order valence-corrected chi connectivity index (χ1v) is 11.0. The molecule has 0 unspecified atom stereocenters. The number of hydrogen-bond donors (Lipinski definition) is 1. The first-order chi connectivity index (χ1) is 13.4. The summed E-state index contributed by atoms with van der Waals surface area (Å²) in [5.41, 5.74) is -2.11. The Kier molecular flexibility index (Phi) is 4.25. The number of amides is 2.